The molecule has 2 heteroatoms. The second-order valence-corrected chi connectivity index (χ2v) is 12.5. The fourth-order valence-corrected chi connectivity index (χ4v) is 8.68. The van der Waals surface area contributed by atoms with E-state index in [0.717, 1.165) is 0 Å². The van der Waals surface area contributed by atoms with Gasteiger partial charge in [0.25, 0.3) is 0 Å². The minimum absolute atomic E-state index is 1.27. The van der Waals surface area contributed by atoms with E-state index in [9.17, 15) is 0 Å². The fourth-order valence-electron chi connectivity index (χ4n) is 6.64. The van der Waals surface area contributed by atoms with Crippen molar-refractivity contribution in [2.24, 2.45) is 0 Å². The second kappa shape index (κ2) is 8.50. The minimum Gasteiger partial charge on any atom is -0.144 e. The summed E-state index contributed by atoms with van der Waals surface area (Å²) in [5.41, 5.74) is 5.24. The van der Waals surface area contributed by atoms with E-state index in [2.05, 4.69) is 133 Å². The van der Waals surface area contributed by atoms with Gasteiger partial charge in [0.15, 0.2) is 0 Å². The van der Waals surface area contributed by atoms with Gasteiger partial charge in [0, 0.05) is 24.9 Å². The number of hydrogen-bond donors (Lipinski definition) is 0. The highest BCUT2D eigenvalue weighted by molar-refractivity contribution is 7.26. The summed E-state index contributed by atoms with van der Waals surface area (Å²) in [6, 6.07) is 47.3. The first-order chi connectivity index (χ1) is 19.8. The maximum Gasteiger partial charge on any atom is 0.0370 e. The van der Waals surface area contributed by atoms with Gasteiger partial charge in [0.2, 0.25) is 0 Å². The van der Waals surface area contributed by atoms with Crippen LogP contribution in [-0.4, -0.2) is 0 Å². The highest BCUT2D eigenvalue weighted by Gasteiger charge is 2.20. The SMILES string of the molecule is c1ccc2c(-c3c4ccccc4c(-c4cccc5sc6cc7sccc7cc6c45)c4ccccc34)cccc2c1. The Morgan fingerprint density at radius 1 is 0.375 bits per heavy atom. The van der Waals surface area contributed by atoms with E-state index in [4.69, 9.17) is 0 Å². The van der Waals surface area contributed by atoms with Gasteiger partial charge in [0.05, 0.1) is 0 Å². The van der Waals surface area contributed by atoms with Gasteiger partial charge < -0.3 is 0 Å². The summed E-state index contributed by atoms with van der Waals surface area (Å²) in [5.74, 6) is 0. The molecule has 9 aromatic rings. The molecule has 0 fully saturated rings. The lowest BCUT2D eigenvalue weighted by atomic mass is 9.84. The van der Waals surface area contributed by atoms with Crippen LogP contribution in [0, 0.1) is 0 Å². The van der Waals surface area contributed by atoms with Crippen molar-refractivity contribution in [1.29, 1.82) is 0 Å². The monoisotopic (exact) mass is 542 g/mol. The van der Waals surface area contributed by atoms with Crippen LogP contribution in [-0.2, 0) is 0 Å². The van der Waals surface area contributed by atoms with Crippen LogP contribution in [0.25, 0.3) is 84.8 Å². The van der Waals surface area contributed by atoms with Crippen LogP contribution in [0.3, 0.4) is 0 Å². The van der Waals surface area contributed by atoms with E-state index in [0.29, 0.717) is 0 Å². The van der Waals surface area contributed by atoms with Crippen LogP contribution >= 0.6 is 22.7 Å². The third kappa shape index (κ3) is 3.12. The topological polar surface area (TPSA) is 0 Å². The zero-order chi connectivity index (χ0) is 26.2. The third-order valence-corrected chi connectivity index (χ3v) is 10.3. The number of thiophene rings is 2. The van der Waals surface area contributed by atoms with Crippen molar-refractivity contribution in [3.05, 3.63) is 133 Å². The first kappa shape index (κ1) is 22.3. The van der Waals surface area contributed by atoms with Gasteiger partial charge in [-0.25, -0.2) is 0 Å². The number of benzene rings is 7. The Morgan fingerprint density at radius 2 is 0.975 bits per heavy atom. The molecule has 0 aliphatic carbocycles. The lowest BCUT2D eigenvalue weighted by Crippen LogP contribution is -1.92. The molecule has 0 bridgehead atoms. The smallest absolute Gasteiger partial charge is 0.0370 e. The average molecular weight is 543 g/mol. The van der Waals surface area contributed by atoms with Gasteiger partial charge in [-0.05, 0) is 89.6 Å². The quantitative estimate of drug-likeness (QED) is 0.191. The Kier molecular flexibility index (Phi) is 4.74. The molecule has 0 N–H and O–H groups in total. The van der Waals surface area contributed by atoms with E-state index < -0.39 is 0 Å². The molecule has 0 aliphatic heterocycles. The molecule has 186 valence electrons. The fraction of sp³-hybridized carbons (Fsp3) is 0. The molecule has 40 heavy (non-hydrogen) atoms. The van der Waals surface area contributed by atoms with Crippen molar-refractivity contribution in [2.45, 2.75) is 0 Å². The van der Waals surface area contributed by atoms with E-state index in [-0.39, 0.29) is 0 Å². The Labute approximate surface area is 239 Å². The first-order valence-corrected chi connectivity index (χ1v) is 15.3. The Balaban J connectivity index is 1.47. The summed E-state index contributed by atoms with van der Waals surface area (Å²) in [6.07, 6.45) is 0. The summed E-state index contributed by atoms with van der Waals surface area (Å²) in [6.45, 7) is 0. The molecule has 0 saturated carbocycles. The van der Waals surface area contributed by atoms with Crippen molar-refractivity contribution in [3.63, 3.8) is 0 Å². The maximum absolute atomic E-state index is 2.40. The molecule has 0 radical (unpaired) electrons. The molecule has 0 nitrogen and oxygen atoms in total. The molecule has 2 aromatic heterocycles. The summed E-state index contributed by atoms with van der Waals surface area (Å²) < 4.78 is 4.06. The van der Waals surface area contributed by atoms with Crippen LogP contribution in [0.15, 0.2) is 133 Å². The van der Waals surface area contributed by atoms with Gasteiger partial charge in [0.1, 0.15) is 0 Å². The normalized spacial score (nSPS) is 12.0. The number of hydrogen-bond acceptors (Lipinski definition) is 2. The average Bonchev–Trinajstić information content (AvgIpc) is 3.62. The lowest BCUT2D eigenvalue weighted by molar-refractivity contribution is 1.69. The maximum atomic E-state index is 2.40. The predicted molar refractivity (Wildman–Crippen MR) is 178 cm³/mol. The summed E-state index contributed by atoms with van der Waals surface area (Å²) in [5, 5.41) is 14.0. The minimum atomic E-state index is 1.27. The molecule has 0 atom stereocenters. The molecule has 0 spiro atoms. The van der Waals surface area contributed by atoms with Crippen molar-refractivity contribution in [2.75, 3.05) is 0 Å². The van der Waals surface area contributed by atoms with Crippen molar-refractivity contribution in [3.8, 4) is 22.3 Å². The van der Waals surface area contributed by atoms with Gasteiger partial charge in [-0.2, -0.15) is 0 Å². The number of fused-ring (bicyclic) bond motifs is 7. The predicted octanol–water partition coefficient (Wildman–Crippen LogP) is 12.1. The zero-order valence-corrected chi connectivity index (χ0v) is 23.2. The Hall–Kier alpha value is -4.50. The lowest BCUT2D eigenvalue weighted by Gasteiger charge is -2.19. The Morgan fingerprint density at radius 3 is 1.73 bits per heavy atom. The van der Waals surface area contributed by atoms with E-state index >= 15 is 0 Å². The summed E-state index contributed by atoms with van der Waals surface area (Å²) >= 11 is 3.73. The van der Waals surface area contributed by atoms with Gasteiger partial charge in [-0.3, -0.25) is 0 Å². The Bertz CT molecular complexity index is 2370. The largest absolute Gasteiger partial charge is 0.144 e. The molecule has 0 aliphatic rings. The second-order valence-electron chi connectivity index (χ2n) is 10.5. The van der Waals surface area contributed by atoms with Crippen LogP contribution in [0.1, 0.15) is 0 Å². The van der Waals surface area contributed by atoms with Crippen LogP contribution < -0.4 is 0 Å². The van der Waals surface area contributed by atoms with E-state index in [1.54, 1.807) is 0 Å². The van der Waals surface area contributed by atoms with Crippen LogP contribution in [0.4, 0.5) is 0 Å². The highest BCUT2D eigenvalue weighted by Crippen LogP contribution is 2.49. The van der Waals surface area contributed by atoms with Crippen molar-refractivity contribution >= 4 is 85.2 Å². The first-order valence-electron chi connectivity index (χ1n) is 13.6. The van der Waals surface area contributed by atoms with Crippen LogP contribution in [0.2, 0.25) is 0 Å². The zero-order valence-electron chi connectivity index (χ0n) is 21.5. The molecular formula is C38H22S2. The molecular weight excluding hydrogens is 521 g/mol. The molecule has 7 aromatic carbocycles. The van der Waals surface area contributed by atoms with Crippen molar-refractivity contribution in [1.82, 2.24) is 0 Å². The third-order valence-electron chi connectivity index (χ3n) is 8.33. The van der Waals surface area contributed by atoms with E-state index in [1.807, 2.05) is 22.7 Å². The molecule has 0 amide bonds. The van der Waals surface area contributed by atoms with Crippen molar-refractivity contribution < 1.29 is 0 Å². The van der Waals surface area contributed by atoms with Gasteiger partial charge >= 0.3 is 0 Å². The van der Waals surface area contributed by atoms with E-state index in [1.165, 1.54) is 84.8 Å². The van der Waals surface area contributed by atoms with Crippen LogP contribution in [0.5, 0.6) is 0 Å². The standard InChI is InChI=1S/C38H22S2/c1-2-11-25-23(9-1)10-7-16-26(25)36-27-12-3-5-14-29(27)37(30-15-6-4-13-28(30)36)31-17-8-18-33-38(31)32-21-24-19-20-39-34(24)22-35(32)40-33/h1-22H. The summed E-state index contributed by atoms with van der Waals surface area (Å²) in [4.78, 5) is 0. The number of rotatable bonds is 2. The molecule has 2 heterocycles. The van der Waals surface area contributed by atoms with Gasteiger partial charge in [-0.15, -0.1) is 22.7 Å². The van der Waals surface area contributed by atoms with Gasteiger partial charge in [-0.1, -0.05) is 103 Å². The molecule has 0 unspecified atom stereocenters. The summed E-state index contributed by atoms with van der Waals surface area (Å²) in [7, 11) is 0. The molecule has 9 rings (SSSR count). The molecule has 0 saturated heterocycles. The highest BCUT2D eigenvalue weighted by atomic mass is 32.1.